The lowest BCUT2D eigenvalue weighted by Crippen LogP contribution is -2.57. The number of unbranched alkanes of at least 4 members (excludes halogenated alkanes) is 1. The molecule has 1 aromatic carbocycles. The number of aryl methyl sites for hydroxylation is 2. The van der Waals surface area contributed by atoms with Crippen LogP contribution in [0.5, 0.6) is 0 Å². The Kier molecular flexibility index (Phi) is 7.18. The molecule has 0 amide bonds. The van der Waals surface area contributed by atoms with Gasteiger partial charge in [-0.3, -0.25) is 4.79 Å². The van der Waals surface area contributed by atoms with E-state index in [1.807, 2.05) is 19.9 Å². The van der Waals surface area contributed by atoms with Crippen LogP contribution in [0.25, 0.3) is 10.9 Å². The van der Waals surface area contributed by atoms with Crippen LogP contribution in [0.4, 0.5) is 10.2 Å². The molecule has 1 atom stereocenters. The highest BCUT2D eigenvalue weighted by Gasteiger charge is 2.43. The van der Waals surface area contributed by atoms with Crippen molar-refractivity contribution in [2.75, 3.05) is 18.0 Å². The van der Waals surface area contributed by atoms with E-state index in [2.05, 4.69) is 4.90 Å². The Morgan fingerprint density at radius 3 is 2.55 bits per heavy atom. The second kappa shape index (κ2) is 9.50. The number of fused-ring (bicyclic) bond motifs is 1. The smallest absolute Gasteiger partial charge is 0.451 e. The van der Waals surface area contributed by atoms with Gasteiger partial charge in [-0.25, -0.2) is 9.37 Å². The highest BCUT2D eigenvalue weighted by atomic mass is 19.1. The topological polar surface area (TPSA) is 120 Å². The third-order valence-electron chi connectivity index (χ3n) is 6.52. The average Bonchev–Trinajstić information content (AvgIpc) is 2.73. The summed E-state index contributed by atoms with van der Waals surface area (Å²) < 4.78 is 14.2. The van der Waals surface area contributed by atoms with E-state index in [0.717, 1.165) is 16.9 Å². The maximum absolute atomic E-state index is 14.2. The Hall–Kier alpha value is -2.23. The Morgan fingerprint density at radius 1 is 1.26 bits per heavy atom. The molecule has 0 bridgehead atoms. The fourth-order valence-corrected chi connectivity index (χ4v) is 4.61. The largest absolute Gasteiger partial charge is 0.480 e. The van der Waals surface area contributed by atoms with Crippen LogP contribution in [-0.4, -0.2) is 51.9 Å². The van der Waals surface area contributed by atoms with Crippen LogP contribution >= 0.6 is 0 Å². The molecule has 0 saturated carbocycles. The average molecular weight is 431 g/mol. The normalized spacial score (nSPS) is 17.0. The maximum atomic E-state index is 14.2. The lowest BCUT2D eigenvalue weighted by molar-refractivity contribution is -0.146. The Balaban J connectivity index is 1.72. The molecule has 1 fully saturated rings. The van der Waals surface area contributed by atoms with E-state index in [4.69, 9.17) is 20.8 Å². The van der Waals surface area contributed by atoms with Gasteiger partial charge in [0.05, 0.1) is 5.52 Å². The minimum absolute atomic E-state index is 0.180. The van der Waals surface area contributed by atoms with E-state index in [9.17, 15) is 14.3 Å². The van der Waals surface area contributed by atoms with Crippen LogP contribution < -0.4 is 10.6 Å². The zero-order chi connectivity index (χ0) is 22.8. The SMILES string of the molecule is Cc1cc2c(F)ccc(C)c2nc1N1CCC(C(N)(CCCCB(O)O)C(=O)O)CC1. The zero-order valence-corrected chi connectivity index (χ0v) is 18.1. The van der Waals surface area contributed by atoms with Gasteiger partial charge in [0, 0.05) is 18.5 Å². The Labute approximate surface area is 182 Å². The number of carboxylic acid groups (broad SMARTS) is 1. The van der Waals surface area contributed by atoms with Gasteiger partial charge in [-0.1, -0.05) is 18.9 Å². The van der Waals surface area contributed by atoms with Crippen molar-refractivity contribution in [3.63, 3.8) is 0 Å². The Morgan fingerprint density at radius 2 is 1.94 bits per heavy atom. The summed E-state index contributed by atoms with van der Waals surface area (Å²) >= 11 is 0. The first-order chi connectivity index (χ1) is 14.6. The monoisotopic (exact) mass is 431 g/mol. The first kappa shape index (κ1) is 23.4. The van der Waals surface area contributed by atoms with Gasteiger partial charge in [0.15, 0.2) is 0 Å². The van der Waals surface area contributed by atoms with Crippen molar-refractivity contribution in [3.8, 4) is 0 Å². The van der Waals surface area contributed by atoms with Crippen LogP contribution in [0.15, 0.2) is 18.2 Å². The van der Waals surface area contributed by atoms with Crippen molar-refractivity contribution in [2.45, 2.75) is 57.8 Å². The predicted molar refractivity (Wildman–Crippen MR) is 120 cm³/mol. The number of carboxylic acids is 1. The standard InChI is InChI=1S/C22H31BFN3O4/c1-14-5-6-18(24)17-13-15(2)20(26-19(14)17)27-11-7-16(8-12-27)22(25,21(28)29)9-3-4-10-23(30)31/h5-6,13,16,30-31H,3-4,7-12,25H2,1-2H3,(H,28,29). The van der Waals surface area contributed by atoms with Gasteiger partial charge in [-0.05, 0) is 68.6 Å². The van der Waals surface area contributed by atoms with Gasteiger partial charge in [-0.2, -0.15) is 0 Å². The highest BCUT2D eigenvalue weighted by molar-refractivity contribution is 6.40. The molecule has 31 heavy (non-hydrogen) atoms. The third kappa shape index (κ3) is 5.00. The number of benzene rings is 1. The molecule has 0 aliphatic carbocycles. The maximum Gasteiger partial charge on any atom is 0.451 e. The molecular weight excluding hydrogens is 400 g/mol. The summed E-state index contributed by atoms with van der Waals surface area (Å²) in [6.45, 7) is 5.07. The molecule has 1 aromatic heterocycles. The summed E-state index contributed by atoms with van der Waals surface area (Å²) in [5.74, 6) is -0.680. The van der Waals surface area contributed by atoms with Gasteiger partial charge in [0.2, 0.25) is 0 Å². The number of rotatable bonds is 8. The van der Waals surface area contributed by atoms with Crippen molar-refractivity contribution in [1.29, 1.82) is 0 Å². The molecule has 1 aliphatic heterocycles. The number of pyridine rings is 1. The van der Waals surface area contributed by atoms with E-state index < -0.39 is 18.6 Å². The van der Waals surface area contributed by atoms with E-state index in [1.165, 1.54) is 6.07 Å². The number of anilines is 1. The lowest BCUT2D eigenvalue weighted by atomic mass is 9.74. The van der Waals surface area contributed by atoms with Crippen LogP contribution in [0.1, 0.15) is 43.2 Å². The van der Waals surface area contributed by atoms with Gasteiger partial charge in [0.25, 0.3) is 0 Å². The van der Waals surface area contributed by atoms with E-state index in [-0.39, 0.29) is 18.1 Å². The second-order valence-corrected chi connectivity index (χ2v) is 8.72. The van der Waals surface area contributed by atoms with Crippen LogP contribution in [-0.2, 0) is 4.79 Å². The van der Waals surface area contributed by atoms with Crippen LogP contribution in [0.3, 0.4) is 0 Å². The van der Waals surface area contributed by atoms with Gasteiger partial charge in [0.1, 0.15) is 17.2 Å². The number of aromatic nitrogens is 1. The minimum Gasteiger partial charge on any atom is -0.480 e. The second-order valence-electron chi connectivity index (χ2n) is 8.72. The minimum atomic E-state index is -1.38. The molecule has 0 spiro atoms. The highest BCUT2D eigenvalue weighted by Crippen LogP contribution is 2.34. The van der Waals surface area contributed by atoms with Gasteiger partial charge >= 0.3 is 13.1 Å². The Bertz CT molecular complexity index is 950. The van der Waals surface area contributed by atoms with Crippen LogP contribution in [0, 0.1) is 25.6 Å². The molecule has 9 heteroatoms. The lowest BCUT2D eigenvalue weighted by Gasteiger charge is -2.41. The summed E-state index contributed by atoms with van der Waals surface area (Å²) in [6.07, 6.45) is 2.78. The molecule has 7 nitrogen and oxygen atoms in total. The number of nitrogens with zero attached hydrogens (tertiary/aromatic N) is 2. The molecule has 1 unspecified atom stereocenters. The third-order valence-corrected chi connectivity index (χ3v) is 6.52. The molecule has 2 aromatic rings. The molecular formula is C22H31BFN3O4. The fourth-order valence-electron chi connectivity index (χ4n) is 4.61. The molecule has 168 valence electrons. The molecule has 2 heterocycles. The summed E-state index contributed by atoms with van der Waals surface area (Å²) in [5, 5.41) is 28.3. The molecule has 1 aliphatic rings. The quantitative estimate of drug-likeness (QED) is 0.375. The number of hydrogen-bond acceptors (Lipinski definition) is 6. The summed E-state index contributed by atoms with van der Waals surface area (Å²) in [6, 6.07) is 5.01. The van der Waals surface area contributed by atoms with E-state index >= 15 is 0 Å². The van der Waals surface area contributed by atoms with Crippen molar-refractivity contribution in [3.05, 3.63) is 35.1 Å². The first-order valence-corrected chi connectivity index (χ1v) is 10.8. The summed E-state index contributed by atoms with van der Waals surface area (Å²) in [4.78, 5) is 18.9. The van der Waals surface area contributed by atoms with Gasteiger partial charge in [-0.15, -0.1) is 0 Å². The number of carbonyl (C=O) groups is 1. The van der Waals surface area contributed by atoms with Crippen LogP contribution in [0.2, 0.25) is 6.32 Å². The summed E-state index contributed by atoms with van der Waals surface area (Å²) in [7, 11) is -1.38. The van der Waals surface area contributed by atoms with E-state index in [1.54, 1.807) is 6.07 Å². The molecule has 0 radical (unpaired) electrons. The van der Waals surface area contributed by atoms with Crippen molar-refractivity contribution >= 4 is 29.8 Å². The number of aliphatic carboxylic acids is 1. The van der Waals surface area contributed by atoms with E-state index in [0.29, 0.717) is 56.1 Å². The molecule has 3 rings (SSSR count). The van der Waals surface area contributed by atoms with Crippen molar-refractivity contribution in [1.82, 2.24) is 4.98 Å². The number of hydrogen-bond donors (Lipinski definition) is 4. The summed E-state index contributed by atoms with van der Waals surface area (Å²) in [5.41, 5.74) is 7.46. The predicted octanol–water partition coefficient (Wildman–Crippen LogP) is 2.63. The zero-order valence-electron chi connectivity index (χ0n) is 18.1. The number of nitrogens with two attached hydrogens (primary N) is 1. The van der Waals surface area contributed by atoms with Gasteiger partial charge < -0.3 is 25.8 Å². The van der Waals surface area contributed by atoms with Crippen molar-refractivity contribution < 1.29 is 24.3 Å². The molecule has 5 N–H and O–H groups in total. The molecule has 1 saturated heterocycles. The number of halogens is 1. The van der Waals surface area contributed by atoms with Crippen molar-refractivity contribution in [2.24, 2.45) is 11.7 Å². The fraction of sp³-hybridized carbons (Fsp3) is 0.545. The first-order valence-electron chi connectivity index (χ1n) is 10.8. The number of piperidine rings is 1.